The lowest BCUT2D eigenvalue weighted by Crippen LogP contribution is -2.58. The third kappa shape index (κ3) is 14.9. The Kier molecular flexibility index (Phi) is 19.4. The molecule has 2 fully saturated rings. The number of benzene rings is 4. The number of carbonyl (C=O) groups excluding carboxylic acids is 4. The fourth-order valence-corrected chi connectivity index (χ4v) is 8.45. The van der Waals surface area contributed by atoms with Gasteiger partial charge in [0.15, 0.2) is 24.8 Å². The quantitative estimate of drug-likeness (QED) is 0.0149. The summed E-state index contributed by atoms with van der Waals surface area (Å²) in [5.41, 5.74) is 20.3. The second-order valence-corrected chi connectivity index (χ2v) is 17.8. The van der Waals surface area contributed by atoms with Crippen molar-refractivity contribution in [3.63, 3.8) is 0 Å². The molecule has 400 valence electrons. The van der Waals surface area contributed by atoms with Gasteiger partial charge in [-0.25, -0.2) is 28.5 Å². The van der Waals surface area contributed by atoms with Crippen LogP contribution in [-0.2, 0) is 68.9 Å². The van der Waals surface area contributed by atoms with Gasteiger partial charge in [0.25, 0.3) is 0 Å². The van der Waals surface area contributed by atoms with Gasteiger partial charge in [-0.2, -0.15) is 0 Å². The summed E-state index contributed by atoms with van der Waals surface area (Å²) in [7, 11) is 0. The summed E-state index contributed by atoms with van der Waals surface area (Å²) >= 11 is 0. The third-order valence-electron chi connectivity index (χ3n) is 12.5. The second kappa shape index (κ2) is 27.3. The Bertz CT molecular complexity index is 2980. The van der Waals surface area contributed by atoms with Crippen molar-refractivity contribution in [2.75, 3.05) is 26.3 Å². The predicted octanol–water partition coefficient (Wildman–Crippen LogP) is 6.86. The molecule has 77 heavy (non-hydrogen) atoms. The number of esters is 4. The molecule has 0 radical (unpaired) electrons. The van der Waals surface area contributed by atoms with Crippen molar-refractivity contribution in [2.24, 2.45) is 22.1 Å². The number of azide groups is 2. The molecule has 2 aliphatic rings. The van der Waals surface area contributed by atoms with Crippen LogP contribution in [0.1, 0.15) is 66.7 Å². The Hall–Kier alpha value is -8.54. The van der Waals surface area contributed by atoms with Crippen molar-refractivity contribution >= 4 is 23.9 Å². The van der Waals surface area contributed by atoms with Crippen molar-refractivity contribution in [1.82, 2.24) is 30.0 Å². The SMILES string of the molecule is C[C@@H]1[C@H](OCc2cn(CCOCCn3cc(CO[C@@H]4O[C@H](CN=[N+]=[N-])[C@@H](C)[C@H](OC(=O)c5ccccc5)[C@@H]4OC(=O)c4ccccc4)nn3)nn2)O[C@H](CN=[N+]=[N-])[C@@H](OC(=O)c2ccccc2)[C@@H]1OC(=O)c1ccccc1. The summed E-state index contributed by atoms with van der Waals surface area (Å²) in [6, 6.07) is 33.3. The number of hydrogen-bond donors (Lipinski definition) is 0. The number of ether oxygens (including phenoxy) is 9. The lowest BCUT2D eigenvalue weighted by molar-refractivity contribution is -0.283. The van der Waals surface area contributed by atoms with Crippen molar-refractivity contribution < 1.29 is 61.8 Å². The van der Waals surface area contributed by atoms with E-state index in [1.165, 1.54) is 0 Å². The van der Waals surface area contributed by atoms with Crippen LogP contribution >= 0.6 is 0 Å². The van der Waals surface area contributed by atoms with E-state index in [-0.39, 0.29) is 61.8 Å². The van der Waals surface area contributed by atoms with E-state index in [2.05, 4.69) is 40.7 Å². The molecule has 0 bridgehead atoms. The molecule has 25 nitrogen and oxygen atoms in total. The van der Waals surface area contributed by atoms with Gasteiger partial charge in [-0.3, -0.25) is 0 Å². The first kappa shape index (κ1) is 54.7. The maximum Gasteiger partial charge on any atom is 0.338 e. The highest BCUT2D eigenvalue weighted by Crippen LogP contribution is 2.35. The molecule has 8 rings (SSSR count). The predicted molar refractivity (Wildman–Crippen MR) is 267 cm³/mol. The van der Waals surface area contributed by atoms with Crippen molar-refractivity contribution in [3.8, 4) is 0 Å². The van der Waals surface area contributed by atoms with Gasteiger partial charge in [0.2, 0.25) is 0 Å². The fraction of sp³-hybridized carbons (Fsp3) is 0.385. The van der Waals surface area contributed by atoms with Crippen molar-refractivity contribution in [2.45, 2.75) is 89.4 Å². The highest BCUT2D eigenvalue weighted by Gasteiger charge is 2.50. The second-order valence-electron chi connectivity index (χ2n) is 17.8. The van der Waals surface area contributed by atoms with E-state index >= 15 is 0 Å². The molecule has 0 N–H and O–H groups in total. The molecule has 2 aromatic heterocycles. The van der Waals surface area contributed by atoms with Gasteiger partial charge in [0, 0.05) is 21.7 Å². The van der Waals surface area contributed by atoms with Crippen LogP contribution in [0.25, 0.3) is 20.9 Å². The normalized spacial score (nSPS) is 22.8. The molecule has 25 heteroatoms. The highest BCUT2D eigenvalue weighted by atomic mass is 16.7. The Morgan fingerprint density at radius 1 is 0.519 bits per heavy atom. The summed E-state index contributed by atoms with van der Waals surface area (Å²) in [6.07, 6.45) is -5.39. The maximum atomic E-state index is 13.5. The van der Waals surface area contributed by atoms with Gasteiger partial charge in [-0.1, -0.05) is 107 Å². The zero-order valence-electron chi connectivity index (χ0n) is 41.8. The molecule has 0 amide bonds. The summed E-state index contributed by atoms with van der Waals surface area (Å²) in [6.45, 7) is 4.02. The topological polar surface area (TPSA) is 310 Å². The average Bonchev–Trinajstić information content (AvgIpc) is 4.15. The minimum Gasteiger partial charge on any atom is -0.454 e. The van der Waals surface area contributed by atoms with Crippen LogP contribution in [0, 0.1) is 11.8 Å². The van der Waals surface area contributed by atoms with Crippen LogP contribution in [0.15, 0.2) is 144 Å². The Balaban J connectivity index is 0.840. The van der Waals surface area contributed by atoms with E-state index < -0.39 is 84.9 Å². The standard InChI is InChI=1S/C52H54N12O13/c1-33-41(27-55-59-53)72-52(46(77-50(68)38-21-13-6-14-22-38)43(33)74-47(65)35-15-7-3-8-16-35)71-32-40-30-64(62-58-40)24-26-69-25-23-63-29-39(57-61-63)31-70-51-34(2)44(75-48(66)36-17-9-4-10-18-36)45(42(73-51)28-56-60-54)76-49(67)37-19-11-5-12-20-37/h3-22,29-30,33-34,41-46,51-52H,23-28,31-32H2,1-2H3/t33-,34+,41-,42-,43+,44-,45-,46+,51-,52-/m1/s1. The zero-order chi connectivity index (χ0) is 53.9. The first-order valence-corrected chi connectivity index (χ1v) is 24.5. The van der Waals surface area contributed by atoms with Gasteiger partial charge in [-0.05, 0) is 59.6 Å². The molecule has 4 aromatic carbocycles. The van der Waals surface area contributed by atoms with Gasteiger partial charge < -0.3 is 42.6 Å². The molecular weight excluding hydrogens is 1000 g/mol. The summed E-state index contributed by atoms with van der Waals surface area (Å²) in [5, 5.41) is 24.2. The van der Waals surface area contributed by atoms with E-state index in [9.17, 15) is 24.7 Å². The molecule has 0 aliphatic carbocycles. The third-order valence-corrected chi connectivity index (χ3v) is 12.5. The molecular formula is C52H54N12O13. The lowest BCUT2D eigenvalue weighted by atomic mass is 9.90. The average molecular weight is 1060 g/mol. The monoisotopic (exact) mass is 1050 g/mol. The molecule has 2 aliphatic heterocycles. The number of rotatable bonds is 24. The summed E-state index contributed by atoms with van der Waals surface area (Å²) in [5.74, 6) is -3.99. The minimum atomic E-state index is -1.29. The van der Waals surface area contributed by atoms with Crippen molar-refractivity contribution in [1.29, 1.82) is 0 Å². The van der Waals surface area contributed by atoms with Crippen LogP contribution in [0.5, 0.6) is 0 Å². The highest BCUT2D eigenvalue weighted by molar-refractivity contribution is 5.91. The van der Waals surface area contributed by atoms with Gasteiger partial charge >= 0.3 is 23.9 Å². The first-order valence-electron chi connectivity index (χ1n) is 24.5. The van der Waals surface area contributed by atoms with Gasteiger partial charge in [-0.15, -0.1) is 10.2 Å². The number of carbonyl (C=O) groups is 4. The Labute approximate surface area is 440 Å². The zero-order valence-corrected chi connectivity index (χ0v) is 41.8. The van der Waals surface area contributed by atoms with E-state index in [0.29, 0.717) is 24.5 Å². The Morgan fingerprint density at radius 2 is 0.896 bits per heavy atom. The van der Waals surface area contributed by atoms with E-state index in [1.807, 2.05) is 0 Å². The molecule has 4 heterocycles. The summed E-state index contributed by atoms with van der Waals surface area (Å²) in [4.78, 5) is 59.3. The van der Waals surface area contributed by atoms with Crippen LogP contribution in [0.3, 0.4) is 0 Å². The van der Waals surface area contributed by atoms with Crippen LogP contribution in [-0.4, -0.2) is 129 Å². The van der Waals surface area contributed by atoms with E-state index in [0.717, 1.165) is 0 Å². The molecule has 2 saturated heterocycles. The first-order chi connectivity index (χ1) is 37.6. The van der Waals surface area contributed by atoms with Crippen LogP contribution in [0.4, 0.5) is 0 Å². The Morgan fingerprint density at radius 3 is 1.34 bits per heavy atom. The van der Waals surface area contributed by atoms with Crippen LogP contribution < -0.4 is 0 Å². The number of aromatic nitrogens is 6. The molecule has 0 saturated carbocycles. The van der Waals surface area contributed by atoms with E-state index in [4.69, 9.17) is 48.2 Å². The molecule has 0 spiro atoms. The smallest absolute Gasteiger partial charge is 0.338 e. The van der Waals surface area contributed by atoms with Crippen molar-refractivity contribution in [3.05, 3.63) is 188 Å². The van der Waals surface area contributed by atoms with Crippen LogP contribution in [0.2, 0.25) is 0 Å². The lowest BCUT2D eigenvalue weighted by Gasteiger charge is -2.44. The van der Waals surface area contributed by atoms with Gasteiger partial charge in [0.05, 0.1) is 93.4 Å². The maximum absolute atomic E-state index is 13.5. The molecule has 0 unspecified atom stereocenters. The fourth-order valence-electron chi connectivity index (χ4n) is 8.45. The molecule has 10 atom stereocenters. The van der Waals surface area contributed by atoms with Gasteiger partial charge in [0.1, 0.15) is 29.7 Å². The number of nitrogens with zero attached hydrogens (tertiary/aromatic N) is 12. The summed E-state index contributed by atoms with van der Waals surface area (Å²) < 4.78 is 57.8. The number of hydrogen-bond acceptors (Lipinski definition) is 19. The minimum absolute atomic E-state index is 0.0691. The largest absolute Gasteiger partial charge is 0.454 e. The molecule has 6 aromatic rings. The van der Waals surface area contributed by atoms with E-state index in [1.54, 1.807) is 157 Å².